The third kappa shape index (κ3) is 4.04. The molecule has 9 heteroatoms. The minimum absolute atomic E-state index is 0.0167. The van der Waals surface area contributed by atoms with Crippen LogP contribution in [0.3, 0.4) is 0 Å². The van der Waals surface area contributed by atoms with Crippen molar-refractivity contribution in [2.45, 2.75) is 39.3 Å². The molecule has 0 fully saturated rings. The number of nitrogens with zero attached hydrogens (tertiary/aromatic N) is 3. The molecule has 1 unspecified atom stereocenters. The molecule has 0 saturated heterocycles. The average Bonchev–Trinajstić information content (AvgIpc) is 2.73. The van der Waals surface area contributed by atoms with Crippen molar-refractivity contribution in [2.24, 2.45) is 0 Å². The molecule has 2 N–H and O–H groups in total. The van der Waals surface area contributed by atoms with Crippen LogP contribution in [0.1, 0.15) is 37.2 Å². The maximum atomic E-state index is 11.7. The highest BCUT2D eigenvalue weighted by Crippen LogP contribution is 2.16. The first-order chi connectivity index (χ1) is 9.35. The molecule has 0 spiro atoms. The van der Waals surface area contributed by atoms with Crippen LogP contribution in [0.25, 0.3) is 0 Å². The Hall–Kier alpha value is -2.45. The maximum Gasteiger partial charge on any atom is 0.363 e. The van der Waals surface area contributed by atoms with Gasteiger partial charge in [0.2, 0.25) is 11.6 Å². The van der Waals surface area contributed by atoms with Crippen LogP contribution in [0, 0.1) is 10.1 Å². The SMILES string of the molecule is CCCC(C)NC(=O)Cn1cc([N+](=O)[O-])c(C(=O)O)n1. The van der Waals surface area contributed by atoms with Crippen molar-refractivity contribution < 1.29 is 19.6 Å². The molecule has 0 radical (unpaired) electrons. The normalized spacial score (nSPS) is 11.9. The highest BCUT2D eigenvalue weighted by molar-refractivity contribution is 5.90. The lowest BCUT2D eigenvalue weighted by Gasteiger charge is -2.12. The summed E-state index contributed by atoms with van der Waals surface area (Å²) < 4.78 is 0.954. The summed E-state index contributed by atoms with van der Waals surface area (Å²) in [5.41, 5.74) is -1.31. The van der Waals surface area contributed by atoms with Gasteiger partial charge in [0.15, 0.2) is 0 Å². The smallest absolute Gasteiger partial charge is 0.363 e. The van der Waals surface area contributed by atoms with Gasteiger partial charge in [-0.2, -0.15) is 5.10 Å². The summed E-state index contributed by atoms with van der Waals surface area (Å²) in [6.45, 7) is 3.57. The van der Waals surface area contributed by atoms with Gasteiger partial charge in [-0.05, 0) is 13.3 Å². The van der Waals surface area contributed by atoms with Crippen molar-refractivity contribution in [2.75, 3.05) is 0 Å². The molecule has 1 atom stereocenters. The van der Waals surface area contributed by atoms with E-state index in [4.69, 9.17) is 5.11 Å². The second kappa shape index (κ2) is 6.64. The van der Waals surface area contributed by atoms with Crippen molar-refractivity contribution in [3.05, 3.63) is 22.0 Å². The molecule has 110 valence electrons. The Morgan fingerprint density at radius 3 is 2.70 bits per heavy atom. The van der Waals surface area contributed by atoms with E-state index in [2.05, 4.69) is 10.4 Å². The maximum absolute atomic E-state index is 11.7. The molecule has 1 amide bonds. The average molecular weight is 284 g/mol. The minimum atomic E-state index is -1.50. The molecule has 1 aromatic rings. The lowest BCUT2D eigenvalue weighted by molar-refractivity contribution is -0.385. The van der Waals surface area contributed by atoms with E-state index in [1.165, 1.54) is 0 Å². The number of hydrogen-bond donors (Lipinski definition) is 2. The zero-order valence-electron chi connectivity index (χ0n) is 11.2. The molecule has 1 rings (SSSR count). The summed E-state index contributed by atoms with van der Waals surface area (Å²) in [6, 6.07) is -0.0167. The number of carboxylic acid groups (broad SMARTS) is 1. The molecule has 0 bridgehead atoms. The van der Waals surface area contributed by atoms with Crippen molar-refractivity contribution >= 4 is 17.6 Å². The number of aromatic carboxylic acids is 1. The second-order valence-corrected chi connectivity index (χ2v) is 4.38. The van der Waals surface area contributed by atoms with Crippen LogP contribution < -0.4 is 5.32 Å². The van der Waals surface area contributed by atoms with E-state index in [0.717, 1.165) is 23.7 Å². The van der Waals surface area contributed by atoms with Crippen molar-refractivity contribution in [3.8, 4) is 0 Å². The fraction of sp³-hybridized carbons (Fsp3) is 0.545. The van der Waals surface area contributed by atoms with Crippen LogP contribution in [0.5, 0.6) is 0 Å². The number of amides is 1. The van der Waals surface area contributed by atoms with Gasteiger partial charge in [0.05, 0.1) is 4.92 Å². The number of carbonyl (C=O) groups excluding carboxylic acids is 1. The van der Waals surface area contributed by atoms with Crippen molar-refractivity contribution in [1.82, 2.24) is 15.1 Å². The number of nitrogens with one attached hydrogen (secondary N) is 1. The first-order valence-corrected chi connectivity index (χ1v) is 6.09. The molecule has 20 heavy (non-hydrogen) atoms. The third-order valence-electron chi connectivity index (χ3n) is 2.58. The van der Waals surface area contributed by atoms with E-state index in [9.17, 15) is 19.7 Å². The number of carboxylic acids is 1. The molecule has 0 aliphatic heterocycles. The molecule has 1 heterocycles. The first-order valence-electron chi connectivity index (χ1n) is 6.09. The standard InChI is InChI=1S/C11H16N4O5/c1-3-4-7(2)12-9(16)6-14-5-8(15(19)20)10(13-14)11(17)18/h5,7H,3-4,6H2,1-2H3,(H,12,16)(H,17,18). The zero-order valence-corrected chi connectivity index (χ0v) is 11.2. The van der Waals surface area contributed by atoms with Gasteiger partial charge in [0.25, 0.3) is 0 Å². The topological polar surface area (TPSA) is 127 Å². The predicted molar refractivity (Wildman–Crippen MR) is 68.4 cm³/mol. The Labute approximate surface area is 114 Å². The fourth-order valence-electron chi connectivity index (χ4n) is 1.75. The number of hydrogen-bond acceptors (Lipinski definition) is 5. The Bertz CT molecular complexity index is 493. The van der Waals surface area contributed by atoms with Gasteiger partial charge in [-0.15, -0.1) is 0 Å². The van der Waals surface area contributed by atoms with E-state index in [1.807, 2.05) is 13.8 Å². The summed E-state index contributed by atoms with van der Waals surface area (Å²) in [5.74, 6) is -1.88. The van der Waals surface area contributed by atoms with Crippen LogP contribution in [0.4, 0.5) is 5.69 Å². The van der Waals surface area contributed by atoms with E-state index >= 15 is 0 Å². The molecular weight excluding hydrogens is 268 g/mol. The van der Waals surface area contributed by atoms with Crippen LogP contribution in [0.15, 0.2) is 6.20 Å². The number of carbonyl (C=O) groups is 2. The first kappa shape index (κ1) is 15.6. The summed E-state index contributed by atoms with van der Waals surface area (Å²) in [7, 11) is 0. The zero-order chi connectivity index (χ0) is 15.3. The van der Waals surface area contributed by atoms with Crippen LogP contribution >= 0.6 is 0 Å². The molecule has 0 saturated carbocycles. The monoisotopic (exact) mass is 284 g/mol. The van der Waals surface area contributed by atoms with E-state index in [0.29, 0.717) is 0 Å². The number of aromatic nitrogens is 2. The molecule has 0 aromatic carbocycles. The van der Waals surface area contributed by atoms with Gasteiger partial charge in [-0.3, -0.25) is 19.6 Å². The summed E-state index contributed by atoms with van der Waals surface area (Å²) in [4.78, 5) is 32.3. The molecule has 1 aromatic heterocycles. The second-order valence-electron chi connectivity index (χ2n) is 4.38. The van der Waals surface area contributed by atoms with Gasteiger partial charge in [-0.1, -0.05) is 13.3 Å². The number of rotatable bonds is 7. The molecule has 0 aliphatic carbocycles. The van der Waals surface area contributed by atoms with Gasteiger partial charge < -0.3 is 10.4 Å². The lowest BCUT2D eigenvalue weighted by atomic mass is 10.2. The Morgan fingerprint density at radius 1 is 1.60 bits per heavy atom. The fourth-order valence-corrected chi connectivity index (χ4v) is 1.75. The van der Waals surface area contributed by atoms with Gasteiger partial charge >= 0.3 is 11.7 Å². The van der Waals surface area contributed by atoms with E-state index in [1.54, 1.807) is 0 Å². The van der Waals surface area contributed by atoms with Crippen LogP contribution in [0.2, 0.25) is 0 Å². The number of nitro groups is 1. The summed E-state index contributed by atoms with van der Waals surface area (Å²) in [5, 5.41) is 25.7. The minimum Gasteiger partial charge on any atom is -0.476 e. The van der Waals surface area contributed by atoms with Gasteiger partial charge in [-0.25, -0.2) is 4.79 Å². The summed E-state index contributed by atoms with van der Waals surface area (Å²) >= 11 is 0. The van der Waals surface area contributed by atoms with Crippen molar-refractivity contribution in [3.63, 3.8) is 0 Å². The van der Waals surface area contributed by atoms with Crippen LogP contribution in [-0.4, -0.2) is 37.7 Å². The largest absolute Gasteiger partial charge is 0.476 e. The van der Waals surface area contributed by atoms with Crippen LogP contribution in [-0.2, 0) is 11.3 Å². The lowest BCUT2D eigenvalue weighted by Crippen LogP contribution is -2.35. The predicted octanol–water partition coefficient (Wildman–Crippen LogP) is 0.794. The molecular formula is C11H16N4O5. The van der Waals surface area contributed by atoms with E-state index < -0.39 is 22.3 Å². The molecule has 0 aliphatic rings. The van der Waals surface area contributed by atoms with Crippen molar-refractivity contribution in [1.29, 1.82) is 0 Å². The highest BCUT2D eigenvalue weighted by Gasteiger charge is 2.25. The Kier molecular flexibility index (Phi) is 5.18. The van der Waals surface area contributed by atoms with Gasteiger partial charge in [0, 0.05) is 6.04 Å². The van der Waals surface area contributed by atoms with E-state index in [-0.39, 0.29) is 18.5 Å². The Balaban J connectivity index is 2.78. The highest BCUT2D eigenvalue weighted by atomic mass is 16.6. The van der Waals surface area contributed by atoms with Gasteiger partial charge in [0.1, 0.15) is 12.7 Å². The quantitative estimate of drug-likeness (QED) is 0.563. The third-order valence-corrected chi connectivity index (χ3v) is 2.58. The molecule has 9 nitrogen and oxygen atoms in total. The summed E-state index contributed by atoms with van der Waals surface area (Å²) in [6.07, 6.45) is 2.66. The Morgan fingerprint density at radius 2 is 2.25 bits per heavy atom.